The molecule has 13 heavy (non-hydrogen) atoms. The summed E-state index contributed by atoms with van der Waals surface area (Å²) >= 11 is 0. The minimum Gasteiger partial charge on any atom is -0.330 e. The third-order valence-electron chi connectivity index (χ3n) is 3.22. The fourth-order valence-electron chi connectivity index (χ4n) is 2.27. The molecule has 0 aromatic heterocycles. The molecule has 2 N–H and O–H groups in total. The first-order chi connectivity index (χ1) is 6.22. The van der Waals surface area contributed by atoms with Crippen molar-refractivity contribution >= 4 is 0 Å². The van der Waals surface area contributed by atoms with Gasteiger partial charge in [-0.2, -0.15) is 5.06 Å². The van der Waals surface area contributed by atoms with E-state index in [-0.39, 0.29) is 0 Å². The van der Waals surface area contributed by atoms with Crippen LogP contribution >= 0.6 is 0 Å². The van der Waals surface area contributed by atoms with Gasteiger partial charge >= 0.3 is 0 Å². The summed E-state index contributed by atoms with van der Waals surface area (Å²) < 4.78 is 0. The quantitative estimate of drug-likeness (QED) is 0.674. The van der Waals surface area contributed by atoms with Crippen molar-refractivity contribution in [2.24, 2.45) is 11.1 Å². The molecule has 78 valence electrons. The maximum absolute atomic E-state index is 5.86. The van der Waals surface area contributed by atoms with E-state index in [4.69, 9.17) is 10.6 Å². The summed E-state index contributed by atoms with van der Waals surface area (Å²) in [5.41, 5.74) is 6.18. The smallest absolute Gasteiger partial charge is 0.0575 e. The van der Waals surface area contributed by atoms with Crippen LogP contribution in [0.25, 0.3) is 0 Å². The zero-order valence-electron chi connectivity index (χ0n) is 8.88. The Morgan fingerprint density at radius 1 is 1.31 bits per heavy atom. The minimum atomic E-state index is 0.322. The summed E-state index contributed by atoms with van der Waals surface area (Å²) in [4.78, 5) is 5.16. The molecule has 0 heterocycles. The SMILES string of the molecule is CON(C)CC1(CN)CCCCC1. The van der Waals surface area contributed by atoms with Gasteiger partial charge in [-0.3, -0.25) is 0 Å². The molecular weight excluding hydrogens is 164 g/mol. The largest absolute Gasteiger partial charge is 0.330 e. The van der Waals surface area contributed by atoms with E-state index in [9.17, 15) is 0 Å². The van der Waals surface area contributed by atoms with Crippen molar-refractivity contribution < 1.29 is 4.84 Å². The molecule has 1 aliphatic carbocycles. The third-order valence-corrected chi connectivity index (χ3v) is 3.22. The maximum atomic E-state index is 5.86. The van der Waals surface area contributed by atoms with Crippen LogP contribution in [0.5, 0.6) is 0 Å². The lowest BCUT2D eigenvalue weighted by molar-refractivity contribution is -0.134. The topological polar surface area (TPSA) is 38.5 Å². The standard InChI is InChI=1S/C10H22N2O/c1-12(13-2)9-10(8-11)6-4-3-5-7-10/h3-9,11H2,1-2H3. The van der Waals surface area contributed by atoms with Crippen molar-refractivity contribution in [2.75, 3.05) is 27.2 Å². The van der Waals surface area contributed by atoms with E-state index in [1.165, 1.54) is 32.1 Å². The Labute approximate surface area is 81.2 Å². The summed E-state index contributed by atoms with van der Waals surface area (Å²) in [5.74, 6) is 0. The predicted octanol–water partition coefficient (Wildman–Crippen LogP) is 1.39. The van der Waals surface area contributed by atoms with Crippen LogP contribution in [0.4, 0.5) is 0 Å². The Hall–Kier alpha value is -0.120. The van der Waals surface area contributed by atoms with Gasteiger partial charge in [0.1, 0.15) is 0 Å². The van der Waals surface area contributed by atoms with Crippen LogP contribution in [0.1, 0.15) is 32.1 Å². The molecule has 0 atom stereocenters. The average molecular weight is 186 g/mol. The predicted molar refractivity (Wildman–Crippen MR) is 54.2 cm³/mol. The molecule has 0 aromatic rings. The van der Waals surface area contributed by atoms with Crippen LogP contribution in [0.2, 0.25) is 0 Å². The van der Waals surface area contributed by atoms with E-state index >= 15 is 0 Å². The minimum absolute atomic E-state index is 0.322. The van der Waals surface area contributed by atoms with Crippen LogP contribution in [0.15, 0.2) is 0 Å². The highest BCUT2D eigenvalue weighted by Gasteiger charge is 2.31. The van der Waals surface area contributed by atoms with Gasteiger partial charge in [-0.15, -0.1) is 0 Å². The first-order valence-corrected chi connectivity index (χ1v) is 5.18. The summed E-state index contributed by atoms with van der Waals surface area (Å²) in [6.07, 6.45) is 6.55. The number of hydroxylamine groups is 2. The summed E-state index contributed by atoms with van der Waals surface area (Å²) in [5, 5.41) is 1.90. The Bertz CT molecular complexity index is 144. The van der Waals surface area contributed by atoms with Crippen molar-refractivity contribution in [1.82, 2.24) is 5.06 Å². The lowest BCUT2D eigenvalue weighted by Gasteiger charge is -2.38. The van der Waals surface area contributed by atoms with Crippen molar-refractivity contribution in [3.63, 3.8) is 0 Å². The molecule has 3 heteroatoms. The highest BCUT2D eigenvalue weighted by molar-refractivity contribution is 4.84. The van der Waals surface area contributed by atoms with Crippen LogP contribution in [0, 0.1) is 5.41 Å². The van der Waals surface area contributed by atoms with Gasteiger partial charge in [-0.05, 0) is 24.8 Å². The van der Waals surface area contributed by atoms with Gasteiger partial charge in [0, 0.05) is 13.6 Å². The molecule has 0 spiro atoms. The van der Waals surface area contributed by atoms with E-state index in [1.807, 2.05) is 12.1 Å². The molecule has 3 nitrogen and oxygen atoms in total. The molecule has 1 fully saturated rings. The molecule has 1 aliphatic rings. The van der Waals surface area contributed by atoms with E-state index in [2.05, 4.69) is 0 Å². The molecule has 0 aromatic carbocycles. The summed E-state index contributed by atoms with van der Waals surface area (Å²) in [6.45, 7) is 1.76. The van der Waals surface area contributed by atoms with E-state index in [0.717, 1.165) is 13.1 Å². The fourth-order valence-corrected chi connectivity index (χ4v) is 2.27. The van der Waals surface area contributed by atoms with E-state index in [1.54, 1.807) is 7.11 Å². The molecule has 0 amide bonds. The van der Waals surface area contributed by atoms with Crippen LogP contribution in [-0.4, -0.2) is 32.3 Å². The van der Waals surface area contributed by atoms with Gasteiger partial charge in [-0.25, -0.2) is 0 Å². The zero-order chi connectivity index (χ0) is 9.73. The maximum Gasteiger partial charge on any atom is 0.0575 e. The summed E-state index contributed by atoms with van der Waals surface area (Å²) in [7, 11) is 3.69. The number of rotatable bonds is 4. The Kier molecular flexibility index (Phi) is 4.16. The lowest BCUT2D eigenvalue weighted by atomic mass is 9.74. The van der Waals surface area contributed by atoms with Gasteiger partial charge in [0.05, 0.1) is 7.11 Å². The van der Waals surface area contributed by atoms with Crippen LogP contribution in [-0.2, 0) is 4.84 Å². The van der Waals surface area contributed by atoms with Crippen LogP contribution < -0.4 is 5.73 Å². The molecular formula is C10H22N2O. The number of nitrogens with two attached hydrogens (primary N) is 1. The molecule has 0 unspecified atom stereocenters. The van der Waals surface area contributed by atoms with Gasteiger partial charge < -0.3 is 10.6 Å². The highest BCUT2D eigenvalue weighted by Crippen LogP contribution is 2.35. The van der Waals surface area contributed by atoms with Crippen molar-refractivity contribution in [3.05, 3.63) is 0 Å². The number of hydrogen-bond acceptors (Lipinski definition) is 3. The van der Waals surface area contributed by atoms with Crippen LogP contribution in [0.3, 0.4) is 0 Å². The second-order valence-corrected chi connectivity index (χ2v) is 4.23. The summed E-state index contributed by atoms with van der Waals surface area (Å²) in [6, 6.07) is 0. The van der Waals surface area contributed by atoms with E-state index < -0.39 is 0 Å². The first-order valence-electron chi connectivity index (χ1n) is 5.18. The van der Waals surface area contributed by atoms with Gasteiger partial charge in [-0.1, -0.05) is 19.3 Å². The monoisotopic (exact) mass is 186 g/mol. The molecule has 1 saturated carbocycles. The third kappa shape index (κ3) is 2.93. The first kappa shape index (κ1) is 11.0. The molecule has 1 rings (SSSR count). The molecule has 0 saturated heterocycles. The number of hydrogen-bond donors (Lipinski definition) is 1. The van der Waals surface area contributed by atoms with Crippen molar-refractivity contribution in [3.8, 4) is 0 Å². The van der Waals surface area contributed by atoms with E-state index in [0.29, 0.717) is 5.41 Å². The molecule has 0 radical (unpaired) electrons. The second-order valence-electron chi connectivity index (χ2n) is 4.23. The molecule has 0 bridgehead atoms. The normalized spacial score (nSPS) is 22.2. The second kappa shape index (κ2) is 4.94. The number of nitrogens with zero attached hydrogens (tertiary/aromatic N) is 1. The Morgan fingerprint density at radius 2 is 1.92 bits per heavy atom. The Balaban J connectivity index is 2.47. The zero-order valence-corrected chi connectivity index (χ0v) is 8.88. The Morgan fingerprint density at radius 3 is 2.38 bits per heavy atom. The van der Waals surface area contributed by atoms with Gasteiger partial charge in [0.15, 0.2) is 0 Å². The lowest BCUT2D eigenvalue weighted by Crippen LogP contribution is -2.42. The van der Waals surface area contributed by atoms with Gasteiger partial charge in [0.2, 0.25) is 0 Å². The van der Waals surface area contributed by atoms with Crippen molar-refractivity contribution in [2.45, 2.75) is 32.1 Å². The van der Waals surface area contributed by atoms with Gasteiger partial charge in [0.25, 0.3) is 0 Å². The fraction of sp³-hybridized carbons (Fsp3) is 1.00. The van der Waals surface area contributed by atoms with Crippen molar-refractivity contribution in [1.29, 1.82) is 0 Å². The highest BCUT2D eigenvalue weighted by atomic mass is 16.7. The average Bonchev–Trinajstić information content (AvgIpc) is 2.19. The molecule has 0 aliphatic heterocycles.